The van der Waals surface area contributed by atoms with E-state index in [-0.39, 0.29) is 35.9 Å². The highest BCUT2D eigenvalue weighted by molar-refractivity contribution is 6.22. The summed E-state index contributed by atoms with van der Waals surface area (Å²) in [7, 11) is 0. The molecule has 3 amide bonds. The van der Waals surface area contributed by atoms with Gasteiger partial charge in [0.25, 0.3) is 17.7 Å². The van der Waals surface area contributed by atoms with Gasteiger partial charge in [0.1, 0.15) is 0 Å². The molecule has 6 heteroatoms. The molecule has 2 atom stereocenters. The standard InChI is InChI=1S/C22H23N3O3/c23-12-16-7-4-8-19(16)24-20(26)15-9-10-17-18(11-15)22(28)25(21(17)27)13-14-5-2-1-3-6-14/h1-3,5-6,9-11,16,19H,4,7-8,12-13,23H2,(H,24,26). The van der Waals surface area contributed by atoms with Gasteiger partial charge in [0.15, 0.2) is 0 Å². The number of imide groups is 1. The quantitative estimate of drug-likeness (QED) is 0.782. The molecule has 1 aliphatic heterocycles. The van der Waals surface area contributed by atoms with E-state index in [1.165, 1.54) is 11.0 Å². The smallest absolute Gasteiger partial charge is 0.261 e. The molecular weight excluding hydrogens is 354 g/mol. The molecule has 0 bridgehead atoms. The Labute approximate surface area is 163 Å². The summed E-state index contributed by atoms with van der Waals surface area (Å²) in [6.07, 6.45) is 2.99. The van der Waals surface area contributed by atoms with Crippen LogP contribution >= 0.6 is 0 Å². The fraction of sp³-hybridized carbons (Fsp3) is 0.318. The molecule has 4 rings (SSSR count). The van der Waals surface area contributed by atoms with Crippen molar-refractivity contribution in [2.24, 2.45) is 11.7 Å². The fourth-order valence-electron chi connectivity index (χ4n) is 4.10. The molecular formula is C22H23N3O3. The van der Waals surface area contributed by atoms with Crippen LogP contribution in [0.4, 0.5) is 0 Å². The van der Waals surface area contributed by atoms with E-state index < -0.39 is 0 Å². The molecule has 3 N–H and O–H groups in total. The molecule has 1 fully saturated rings. The number of nitrogens with two attached hydrogens (primary N) is 1. The van der Waals surface area contributed by atoms with E-state index in [1.54, 1.807) is 12.1 Å². The predicted octanol–water partition coefficient (Wildman–Crippen LogP) is 2.34. The number of nitrogens with one attached hydrogen (secondary N) is 1. The second-order valence-corrected chi connectivity index (χ2v) is 7.45. The molecule has 144 valence electrons. The lowest BCUT2D eigenvalue weighted by atomic mass is 10.0. The van der Waals surface area contributed by atoms with E-state index in [0.29, 0.717) is 23.6 Å². The molecule has 1 aliphatic carbocycles. The van der Waals surface area contributed by atoms with Gasteiger partial charge >= 0.3 is 0 Å². The maximum absolute atomic E-state index is 12.8. The number of nitrogens with zero attached hydrogens (tertiary/aromatic N) is 1. The van der Waals surface area contributed by atoms with Crippen LogP contribution in [0.3, 0.4) is 0 Å². The second-order valence-electron chi connectivity index (χ2n) is 7.45. The summed E-state index contributed by atoms with van der Waals surface area (Å²) in [5.41, 5.74) is 7.69. The van der Waals surface area contributed by atoms with Crippen LogP contribution in [0.15, 0.2) is 48.5 Å². The molecule has 0 spiro atoms. The minimum Gasteiger partial charge on any atom is -0.349 e. The summed E-state index contributed by atoms with van der Waals surface area (Å²) in [5.74, 6) is -0.619. The van der Waals surface area contributed by atoms with Gasteiger partial charge in [0.2, 0.25) is 0 Å². The molecule has 0 aromatic heterocycles. The molecule has 2 aliphatic rings. The number of rotatable bonds is 5. The van der Waals surface area contributed by atoms with Gasteiger partial charge in [-0.25, -0.2) is 0 Å². The Morgan fingerprint density at radius 3 is 2.54 bits per heavy atom. The first-order valence-corrected chi connectivity index (χ1v) is 9.63. The molecule has 2 unspecified atom stereocenters. The van der Waals surface area contributed by atoms with E-state index in [9.17, 15) is 14.4 Å². The number of hydrogen-bond acceptors (Lipinski definition) is 4. The molecule has 2 aromatic carbocycles. The lowest BCUT2D eigenvalue weighted by molar-refractivity contribution is 0.0642. The average molecular weight is 377 g/mol. The molecule has 6 nitrogen and oxygen atoms in total. The zero-order valence-corrected chi connectivity index (χ0v) is 15.6. The van der Waals surface area contributed by atoms with Crippen molar-refractivity contribution < 1.29 is 14.4 Å². The van der Waals surface area contributed by atoms with Crippen molar-refractivity contribution >= 4 is 17.7 Å². The van der Waals surface area contributed by atoms with Crippen molar-refractivity contribution in [3.63, 3.8) is 0 Å². The van der Waals surface area contributed by atoms with Gasteiger partial charge in [-0.3, -0.25) is 19.3 Å². The Hall–Kier alpha value is -2.99. The molecule has 1 saturated carbocycles. The van der Waals surface area contributed by atoms with Gasteiger partial charge in [-0.2, -0.15) is 0 Å². The van der Waals surface area contributed by atoms with Crippen molar-refractivity contribution in [1.29, 1.82) is 0 Å². The predicted molar refractivity (Wildman–Crippen MR) is 105 cm³/mol. The second kappa shape index (κ2) is 7.56. The summed E-state index contributed by atoms with van der Waals surface area (Å²) in [6, 6.07) is 14.1. The highest BCUT2D eigenvalue weighted by Crippen LogP contribution is 2.27. The van der Waals surface area contributed by atoms with Crippen LogP contribution in [0, 0.1) is 5.92 Å². The Morgan fingerprint density at radius 1 is 1.04 bits per heavy atom. The summed E-state index contributed by atoms with van der Waals surface area (Å²) in [4.78, 5) is 39.3. The summed E-state index contributed by atoms with van der Waals surface area (Å²) in [6.45, 7) is 0.769. The first-order chi connectivity index (χ1) is 13.6. The van der Waals surface area contributed by atoms with Gasteiger partial charge in [-0.15, -0.1) is 0 Å². The first kappa shape index (κ1) is 18.4. The molecule has 0 radical (unpaired) electrons. The molecule has 0 saturated heterocycles. The van der Waals surface area contributed by atoms with E-state index in [4.69, 9.17) is 5.73 Å². The van der Waals surface area contributed by atoms with Crippen LogP contribution in [0.1, 0.15) is 55.9 Å². The number of hydrogen-bond donors (Lipinski definition) is 2. The number of carbonyl (C=O) groups excluding carboxylic acids is 3. The first-order valence-electron chi connectivity index (χ1n) is 9.63. The average Bonchev–Trinajstić information content (AvgIpc) is 3.26. The lowest BCUT2D eigenvalue weighted by Gasteiger charge is -2.19. The maximum atomic E-state index is 12.8. The highest BCUT2D eigenvalue weighted by atomic mass is 16.2. The van der Waals surface area contributed by atoms with Crippen molar-refractivity contribution in [2.75, 3.05) is 6.54 Å². The van der Waals surface area contributed by atoms with Crippen molar-refractivity contribution in [3.05, 3.63) is 70.8 Å². The number of amides is 3. The van der Waals surface area contributed by atoms with Crippen LogP contribution < -0.4 is 11.1 Å². The number of benzene rings is 2. The zero-order chi connectivity index (χ0) is 19.7. The Balaban J connectivity index is 1.52. The van der Waals surface area contributed by atoms with Gasteiger partial charge in [0.05, 0.1) is 17.7 Å². The van der Waals surface area contributed by atoms with E-state index >= 15 is 0 Å². The van der Waals surface area contributed by atoms with Crippen molar-refractivity contribution in [1.82, 2.24) is 10.2 Å². The molecule has 28 heavy (non-hydrogen) atoms. The van der Waals surface area contributed by atoms with Gasteiger partial charge in [-0.05, 0) is 49.1 Å². The fourth-order valence-corrected chi connectivity index (χ4v) is 4.10. The normalized spacial score (nSPS) is 21.1. The summed E-state index contributed by atoms with van der Waals surface area (Å²) < 4.78 is 0. The zero-order valence-electron chi connectivity index (χ0n) is 15.6. The third-order valence-corrected chi connectivity index (χ3v) is 5.69. The van der Waals surface area contributed by atoms with Crippen molar-refractivity contribution in [2.45, 2.75) is 31.8 Å². The van der Waals surface area contributed by atoms with Crippen LogP contribution in [-0.2, 0) is 6.54 Å². The van der Waals surface area contributed by atoms with E-state index in [2.05, 4.69) is 5.32 Å². The number of carbonyl (C=O) groups is 3. The van der Waals surface area contributed by atoms with E-state index in [0.717, 1.165) is 24.8 Å². The van der Waals surface area contributed by atoms with Gasteiger partial charge in [0, 0.05) is 11.6 Å². The Morgan fingerprint density at radius 2 is 1.79 bits per heavy atom. The van der Waals surface area contributed by atoms with Crippen LogP contribution in [0.5, 0.6) is 0 Å². The number of fused-ring (bicyclic) bond motifs is 1. The van der Waals surface area contributed by atoms with Crippen LogP contribution in [-0.4, -0.2) is 35.2 Å². The Kier molecular flexibility index (Phi) is 4.96. The molecule has 1 heterocycles. The van der Waals surface area contributed by atoms with Crippen molar-refractivity contribution in [3.8, 4) is 0 Å². The largest absolute Gasteiger partial charge is 0.349 e. The topological polar surface area (TPSA) is 92.5 Å². The maximum Gasteiger partial charge on any atom is 0.261 e. The third kappa shape index (κ3) is 3.31. The van der Waals surface area contributed by atoms with Gasteiger partial charge < -0.3 is 11.1 Å². The Bertz CT molecular complexity index is 926. The van der Waals surface area contributed by atoms with Crippen LogP contribution in [0.25, 0.3) is 0 Å². The monoisotopic (exact) mass is 377 g/mol. The summed E-state index contributed by atoms with van der Waals surface area (Å²) in [5, 5.41) is 3.04. The highest BCUT2D eigenvalue weighted by Gasteiger charge is 2.36. The minimum absolute atomic E-state index is 0.0673. The van der Waals surface area contributed by atoms with Gasteiger partial charge in [-0.1, -0.05) is 36.8 Å². The van der Waals surface area contributed by atoms with E-state index in [1.807, 2.05) is 30.3 Å². The minimum atomic E-state index is -0.362. The SMILES string of the molecule is NCC1CCCC1NC(=O)c1ccc2c(c1)C(=O)N(Cc1ccccc1)C2=O. The molecule has 2 aromatic rings. The third-order valence-electron chi connectivity index (χ3n) is 5.69. The van der Waals surface area contributed by atoms with Crippen LogP contribution in [0.2, 0.25) is 0 Å². The summed E-state index contributed by atoms with van der Waals surface area (Å²) >= 11 is 0. The lowest BCUT2D eigenvalue weighted by Crippen LogP contribution is -2.39.